The molecule has 1 aliphatic heterocycles. The van der Waals surface area contributed by atoms with Crippen LogP contribution in [0.15, 0.2) is 30.3 Å². The van der Waals surface area contributed by atoms with Crippen LogP contribution in [0.4, 0.5) is 4.39 Å². The van der Waals surface area contributed by atoms with Crippen LogP contribution in [0.2, 0.25) is 0 Å². The van der Waals surface area contributed by atoms with E-state index in [1.165, 1.54) is 28.4 Å². The predicted octanol–water partition coefficient (Wildman–Crippen LogP) is 2.69. The summed E-state index contributed by atoms with van der Waals surface area (Å²) < 4.78 is 18.4. The van der Waals surface area contributed by atoms with Crippen molar-refractivity contribution in [2.24, 2.45) is 0 Å². The minimum atomic E-state index is -1.09. The standard InChI is InChI=1S/C17H16FNO4S/c18-13-3-1-11(2-4-13)8-19(9-16(20)21)17(22)15-7-12-10-23-6-5-14(12)24-15/h1-4,7H,5-6,8-10H2,(H,20,21). The number of carboxylic acids is 1. The summed E-state index contributed by atoms with van der Waals surface area (Å²) >= 11 is 1.39. The summed E-state index contributed by atoms with van der Waals surface area (Å²) in [4.78, 5) is 26.7. The van der Waals surface area contributed by atoms with Crippen LogP contribution in [0.5, 0.6) is 0 Å². The van der Waals surface area contributed by atoms with Gasteiger partial charge in [-0.2, -0.15) is 0 Å². The molecule has 2 heterocycles. The molecule has 0 aliphatic carbocycles. The molecule has 1 N–H and O–H groups in total. The quantitative estimate of drug-likeness (QED) is 0.901. The molecule has 0 spiro atoms. The fraction of sp³-hybridized carbons (Fsp3) is 0.294. The zero-order valence-corrected chi connectivity index (χ0v) is 13.6. The monoisotopic (exact) mass is 349 g/mol. The zero-order chi connectivity index (χ0) is 17.1. The predicted molar refractivity (Wildman–Crippen MR) is 86.5 cm³/mol. The molecule has 126 valence electrons. The maximum atomic E-state index is 13.0. The molecule has 1 aliphatic rings. The normalized spacial score (nSPS) is 13.4. The Labute approximate surface area is 142 Å². The van der Waals surface area contributed by atoms with Gasteiger partial charge in [0.25, 0.3) is 5.91 Å². The number of ether oxygens (including phenoxy) is 1. The van der Waals surface area contributed by atoms with E-state index in [2.05, 4.69) is 0 Å². The van der Waals surface area contributed by atoms with Crippen molar-refractivity contribution in [2.45, 2.75) is 19.6 Å². The van der Waals surface area contributed by atoms with Crippen LogP contribution in [0.3, 0.4) is 0 Å². The fourth-order valence-corrected chi connectivity index (χ4v) is 3.70. The van der Waals surface area contributed by atoms with Crippen molar-refractivity contribution in [2.75, 3.05) is 13.2 Å². The summed E-state index contributed by atoms with van der Waals surface area (Å²) in [6, 6.07) is 7.45. The molecule has 1 aromatic carbocycles. The number of fused-ring (bicyclic) bond motifs is 1. The second-order valence-corrected chi connectivity index (χ2v) is 6.68. The molecule has 0 saturated heterocycles. The van der Waals surface area contributed by atoms with Gasteiger partial charge in [0.2, 0.25) is 0 Å². The lowest BCUT2D eigenvalue weighted by molar-refractivity contribution is -0.137. The number of carbonyl (C=O) groups excluding carboxylic acids is 1. The van der Waals surface area contributed by atoms with Gasteiger partial charge in [0, 0.05) is 17.8 Å². The molecule has 0 saturated carbocycles. The number of aliphatic carboxylic acids is 1. The number of hydrogen-bond acceptors (Lipinski definition) is 4. The molecule has 2 aromatic rings. The number of benzene rings is 1. The second-order valence-electron chi connectivity index (χ2n) is 5.54. The SMILES string of the molecule is O=C(O)CN(Cc1ccc(F)cc1)C(=O)c1cc2c(s1)CCOC2. The minimum absolute atomic E-state index is 0.116. The van der Waals surface area contributed by atoms with Gasteiger partial charge in [-0.15, -0.1) is 11.3 Å². The zero-order valence-electron chi connectivity index (χ0n) is 12.8. The number of thiophene rings is 1. The molecule has 1 aromatic heterocycles. The number of carbonyl (C=O) groups is 2. The van der Waals surface area contributed by atoms with Gasteiger partial charge in [-0.25, -0.2) is 4.39 Å². The van der Waals surface area contributed by atoms with Gasteiger partial charge in [-0.3, -0.25) is 9.59 Å². The average molecular weight is 349 g/mol. The van der Waals surface area contributed by atoms with E-state index in [1.54, 1.807) is 18.2 Å². The second kappa shape index (κ2) is 7.11. The Morgan fingerprint density at radius 2 is 2.04 bits per heavy atom. The Morgan fingerprint density at radius 1 is 1.29 bits per heavy atom. The number of amides is 1. The summed E-state index contributed by atoms with van der Waals surface area (Å²) in [5, 5.41) is 9.09. The van der Waals surface area contributed by atoms with E-state index in [1.807, 2.05) is 0 Å². The maximum absolute atomic E-state index is 13.0. The molecule has 0 unspecified atom stereocenters. The third kappa shape index (κ3) is 3.80. The van der Waals surface area contributed by atoms with Gasteiger partial charge in [-0.05, 0) is 29.3 Å². The number of hydrogen-bond donors (Lipinski definition) is 1. The summed E-state index contributed by atoms with van der Waals surface area (Å²) in [6.07, 6.45) is 0.768. The summed E-state index contributed by atoms with van der Waals surface area (Å²) in [5.74, 6) is -1.79. The third-order valence-corrected chi connectivity index (χ3v) is 4.96. The molecular weight excluding hydrogens is 333 g/mol. The van der Waals surface area contributed by atoms with E-state index in [-0.39, 0.29) is 18.3 Å². The van der Waals surface area contributed by atoms with Crippen LogP contribution >= 0.6 is 11.3 Å². The van der Waals surface area contributed by atoms with Crippen LogP contribution in [-0.2, 0) is 29.1 Å². The van der Waals surface area contributed by atoms with E-state index in [9.17, 15) is 14.0 Å². The van der Waals surface area contributed by atoms with Crippen molar-refractivity contribution in [3.63, 3.8) is 0 Å². The molecule has 0 atom stereocenters. The van der Waals surface area contributed by atoms with E-state index >= 15 is 0 Å². The van der Waals surface area contributed by atoms with Crippen LogP contribution in [0.1, 0.15) is 25.7 Å². The lowest BCUT2D eigenvalue weighted by atomic mass is 10.1. The van der Waals surface area contributed by atoms with Gasteiger partial charge >= 0.3 is 5.97 Å². The molecule has 7 heteroatoms. The van der Waals surface area contributed by atoms with Gasteiger partial charge < -0.3 is 14.7 Å². The van der Waals surface area contributed by atoms with Crippen LogP contribution in [0, 0.1) is 5.82 Å². The highest BCUT2D eigenvalue weighted by Crippen LogP contribution is 2.28. The molecular formula is C17H16FNO4S. The maximum Gasteiger partial charge on any atom is 0.323 e. The van der Waals surface area contributed by atoms with Gasteiger partial charge in [0.1, 0.15) is 12.4 Å². The van der Waals surface area contributed by atoms with E-state index in [4.69, 9.17) is 9.84 Å². The lowest BCUT2D eigenvalue weighted by Gasteiger charge is -2.20. The van der Waals surface area contributed by atoms with Crippen LogP contribution in [0.25, 0.3) is 0 Å². The van der Waals surface area contributed by atoms with Crippen molar-refractivity contribution >= 4 is 23.2 Å². The van der Waals surface area contributed by atoms with Gasteiger partial charge in [0.15, 0.2) is 0 Å². The molecule has 0 bridgehead atoms. The highest BCUT2D eigenvalue weighted by molar-refractivity contribution is 7.14. The number of carboxylic acid groups (broad SMARTS) is 1. The Kier molecular flexibility index (Phi) is 4.92. The summed E-state index contributed by atoms with van der Waals surface area (Å²) in [7, 11) is 0. The largest absolute Gasteiger partial charge is 0.480 e. The first-order valence-electron chi connectivity index (χ1n) is 7.48. The summed E-state index contributed by atoms with van der Waals surface area (Å²) in [5.41, 5.74) is 1.67. The van der Waals surface area contributed by atoms with Gasteiger partial charge in [0.05, 0.1) is 18.1 Å². The molecule has 5 nitrogen and oxygen atoms in total. The molecule has 3 rings (SSSR count). The fourth-order valence-electron chi connectivity index (χ4n) is 2.58. The average Bonchev–Trinajstić information content (AvgIpc) is 2.99. The van der Waals surface area contributed by atoms with Crippen molar-refractivity contribution in [1.29, 1.82) is 0 Å². The molecule has 0 radical (unpaired) electrons. The lowest BCUT2D eigenvalue weighted by Crippen LogP contribution is -2.34. The first-order valence-corrected chi connectivity index (χ1v) is 8.29. The Morgan fingerprint density at radius 3 is 2.71 bits per heavy atom. The van der Waals surface area contributed by atoms with Gasteiger partial charge in [-0.1, -0.05) is 12.1 Å². The van der Waals surface area contributed by atoms with Crippen LogP contribution in [-0.4, -0.2) is 35.0 Å². The van der Waals surface area contributed by atoms with Crippen molar-refractivity contribution in [3.05, 3.63) is 57.0 Å². The van der Waals surface area contributed by atoms with Crippen molar-refractivity contribution in [1.82, 2.24) is 4.90 Å². The number of rotatable bonds is 5. The number of nitrogens with zero attached hydrogens (tertiary/aromatic N) is 1. The topological polar surface area (TPSA) is 66.8 Å². The Bertz CT molecular complexity index is 733. The third-order valence-electron chi connectivity index (χ3n) is 3.74. The first kappa shape index (κ1) is 16.6. The molecule has 24 heavy (non-hydrogen) atoms. The van der Waals surface area contributed by atoms with E-state index in [0.29, 0.717) is 23.7 Å². The van der Waals surface area contributed by atoms with Crippen molar-refractivity contribution < 1.29 is 23.8 Å². The minimum Gasteiger partial charge on any atom is -0.480 e. The van der Waals surface area contributed by atoms with Crippen molar-refractivity contribution in [3.8, 4) is 0 Å². The number of halogens is 1. The first-order chi connectivity index (χ1) is 11.5. The smallest absolute Gasteiger partial charge is 0.323 e. The van der Waals surface area contributed by atoms with E-state index < -0.39 is 12.5 Å². The Hall–Kier alpha value is -2.25. The molecule has 1 amide bonds. The van der Waals surface area contributed by atoms with Crippen LogP contribution < -0.4 is 0 Å². The molecule has 0 fully saturated rings. The Balaban J connectivity index is 1.81. The highest BCUT2D eigenvalue weighted by atomic mass is 32.1. The van der Waals surface area contributed by atoms with E-state index in [0.717, 1.165) is 16.9 Å². The highest BCUT2D eigenvalue weighted by Gasteiger charge is 2.23. The summed E-state index contributed by atoms with van der Waals surface area (Å²) in [6.45, 7) is 0.825.